The van der Waals surface area contributed by atoms with E-state index in [0.717, 1.165) is 19.0 Å². The SMILES string of the molecule is Nc1ncnc2c1ncn2[C@@H]1O[C@@H]2COP([O-])(=S)O[C@@H]3[C@H](F)[C@@H](COP(=O)([O-])O[C@@H]1[C@@H]2F)O[C@H]3n1cnc2c(N)ncnc21.[NH4+].[NH4+]. The van der Waals surface area contributed by atoms with Gasteiger partial charge in [0.25, 0.3) is 7.82 Å². The van der Waals surface area contributed by atoms with Crippen LogP contribution in [0.3, 0.4) is 0 Å². The first kappa shape index (κ1) is 34.4. The Morgan fingerprint density at radius 1 is 0.783 bits per heavy atom. The maximum Gasteiger partial charge on any atom is 0.268 e. The van der Waals surface area contributed by atoms with E-state index in [1.54, 1.807) is 0 Å². The fourth-order valence-corrected chi connectivity index (χ4v) is 7.43. The van der Waals surface area contributed by atoms with Gasteiger partial charge in [-0.3, -0.25) is 13.7 Å². The highest BCUT2D eigenvalue weighted by atomic mass is 32.5. The lowest BCUT2D eigenvalue weighted by Gasteiger charge is -2.34. The number of phosphoric acid groups is 1. The van der Waals surface area contributed by atoms with E-state index in [4.69, 9.17) is 50.8 Å². The van der Waals surface area contributed by atoms with Gasteiger partial charge in [-0.1, -0.05) is 11.8 Å². The molecule has 0 amide bonds. The summed E-state index contributed by atoms with van der Waals surface area (Å²) in [5.74, 6) is 0.00444. The van der Waals surface area contributed by atoms with Crippen molar-refractivity contribution in [3.63, 3.8) is 0 Å². The van der Waals surface area contributed by atoms with Crippen LogP contribution >= 0.6 is 14.5 Å². The number of imidazole rings is 2. The molecule has 0 aromatic carbocycles. The molecule has 3 aliphatic rings. The molecular weight excluding hydrogens is 684 g/mol. The van der Waals surface area contributed by atoms with Crippen molar-refractivity contribution in [2.45, 2.75) is 49.2 Å². The molecule has 4 aromatic rings. The monoisotopic (exact) mass is 712 g/mol. The van der Waals surface area contributed by atoms with Crippen molar-refractivity contribution < 1.29 is 50.7 Å². The minimum atomic E-state index is -5.39. The number of nitrogen functional groups attached to an aromatic ring is 2. The van der Waals surface area contributed by atoms with Crippen LogP contribution < -0.4 is 33.6 Å². The molecule has 4 aromatic heterocycles. The van der Waals surface area contributed by atoms with Gasteiger partial charge < -0.3 is 61.1 Å². The number of ether oxygens (including phenoxy) is 2. The second-order valence-corrected chi connectivity index (χ2v) is 13.9. The molecule has 12 N–H and O–H groups in total. The number of halogens is 2. The third kappa shape index (κ3) is 5.96. The first-order valence-corrected chi connectivity index (χ1v) is 16.7. The standard InChI is InChI=1S/C20H22F2N10O9P2S.2H3N/c21-9-8-2-37-43(35,44)41-14-10(22)7(38-20(14)32-6-30-12-16(24)26-4-28-18(12)32)1-36-42(33,34)40-13(9)19(39-8)31-5-29-11-15(23)25-3-27-17(11)31;;/h3-10,13-14,19-20H,1-2H2,(H,33,34)(H,35,44)(H2,23,25,27)(H2,24,26,28);2*1H3/t7-,8-,9-,10-,13-,14-,19-,20-,43?;;/m1../s1. The highest BCUT2D eigenvalue weighted by Gasteiger charge is 2.52. The van der Waals surface area contributed by atoms with Gasteiger partial charge in [-0.2, -0.15) is 0 Å². The number of aromatic nitrogens is 8. The third-order valence-corrected chi connectivity index (χ3v) is 9.65. The first-order valence-electron chi connectivity index (χ1n) is 12.7. The number of nitrogens with zero attached hydrogens (tertiary/aromatic N) is 8. The summed E-state index contributed by atoms with van der Waals surface area (Å²) in [6.45, 7) is -6.37. The van der Waals surface area contributed by atoms with Crippen molar-refractivity contribution in [3.8, 4) is 0 Å². The minimum absolute atomic E-state index is 0. The molecule has 0 spiro atoms. The zero-order valence-corrected chi connectivity index (χ0v) is 26.4. The van der Waals surface area contributed by atoms with E-state index < -0.39 is 77.0 Å². The van der Waals surface area contributed by atoms with E-state index in [2.05, 4.69) is 29.9 Å². The normalized spacial score (nSPS) is 36.6. The van der Waals surface area contributed by atoms with Gasteiger partial charge in [0.1, 0.15) is 54.8 Å². The lowest BCUT2D eigenvalue weighted by atomic mass is 10.1. The summed E-state index contributed by atoms with van der Waals surface area (Å²) in [4.78, 5) is 50.2. The van der Waals surface area contributed by atoms with Crippen LogP contribution in [-0.4, -0.2) is 89.0 Å². The first-order chi connectivity index (χ1) is 20.9. The predicted octanol–water partition coefficient (Wildman–Crippen LogP) is -0.0756. The molecule has 10 atom stereocenters. The summed E-state index contributed by atoms with van der Waals surface area (Å²) in [5, 5.41) is 0. The number of hydrogen-bond donors (Lipinski definition) is 4. The number of quaternary nitrogens is 2. The summed E-state index contributed by atoms with van der Waals surface area (Å²) in [6.07, 6.45) is -9.67. The number of phosphoric ester groups is 1. The molecule has 0 aliphatic carbocycles. The molecule has 2 unspecified atom stereocenters. The van der Waals surface area contributed by atoms with Crippen molar-refractivity contribution in [2.75, 3.05) is 24.7 Å². The van der Waals surface area contributed by atoms with E-state index in [-0.39, 0.29) is 46.3 Å². The van der Waals surface area contributed by atoms with Gasteiger partial charge in [-0.25, -0.2) is 38.7 Å². The molecule has 46 heavy (non-hydrogen) atoms. The van der Waals surface area contributed by atoms with Gasteiger partial charge in [0.05, 0.1) is 25.9 Å². The highest BCUT2D eigenvalue weighted by Crippen LogP contribution is 2.52. The number of alkyl halides is 2. The molecule has 7 heterocycles. The molecule has 26 heteroatoms. The van der Waals surface area contributed by atoms with Crippen LogP contribution in [0.4, 0.5) is 20.4 Å². The summed E-state index contributed by atoms with van der Waals surface area (Å²) in [7, 11) is -5.39. The number of nitrogens with two attached hydrogens (primary N) is 2. The van der Waals surface area contributed by atoms with Gasteiger partial charge >= 0.3 is 0 Å². The van der Waals surface area contributed by atoms with Crippen LogP contribution in [0.5, 0.6) is 0 Å². The van der Waals surface area contributed by atoms with Crippen LogP contribution in [0.1, 0.15) is 12.5 Å². The third-order valence-electron chi connectivity index (χ3n) is 7.15. The van der Waals surface area contributed by atoms with E-state index in [0.29, 0.717) is 0 Å². The van der Waals surface area contributed by atoms with Gasteiger partial charge in [0.2, 0.25) is 0 Å². The van der Waals surface area contributed by atoms with Crippen molar-refractivity contribution in [1.29, 1.82) is 0 Å². The summed E-state index contributed by atoms with van der Waals surface area (Å²) in [5.41, 5.74) is 12.1. The predicted molar refractivity (Wildman–Crippen MR) is 153 cm³/mol. The fourth-order valence-electron chi connectivity index (χ4n) is 5.13. The van der Waals surface area contributed by atoms with Crippen LogP contribution in [0.15, 0.2) is 25.3 Å². The highest BCUT2D eigenvalue weighted by molar-refractivity contribution is 8.06. The van der Waals surface area contributed by atoms with Gasteiger partial charge in [0.15, 0.2) is 47.7 Å². The number of fused-ring (bicyclic) bond motifs is 6. The van der Waals surface area contributed by atoms with E-state index in [9.17, 15) is 14.4 Å². The summed E-state index contributed by atoms with van der Waals surface area (Å²) >= 11 is 5.01. The Labute approximate surface area is 261 Å². The average molecular weight is 713 g/mol. The molecule has 0 saturated carbocycles. The second-order valence-electron chi connectivity index (χ2n) is 9.81. The number of hydrogen-bond acceptors (Lipinski definition) is 18. The molecule has 21 nitrogen and oxygen atoms in total. The van der Waals surface area contributed by atoms with Crippen molar-refractivity contribution in [2.24, 2.45) is 0 Å². The van der Waals surface area contributed by atoms with Crippen molar-refractivity contribution >= 4 is 60.3 Å². The molecule has 3 saturated heterocycles. The molecule has 7 rings (SSSR count). The largest absolute Gasteiger partial charge is 0.780 e. The lowest BCUT2D eigenvalue weighted by molar-refractivity contribution is -0.236. The van der Waals surface area contributed by atoms with E-state index in [1.165, 1.54) is 15.5 Å². The molecule has 252 valence electrons. The zero-order chi connectivity index (χ0) is 31.0. The Bertz CT molecular complexity index is 1710. The Hall–Kier alpha value is -2.96. The number of anilines is 2. The maximum absolute atomic E-state index is 15.8. The van der Waals surface area contributed by atoms with Crippen LogP contribution in [0.25, 0.3) is 22.3 Å². The lowest BCUT2D eigenvalue weighted by Crippen LogP contribution is -2.36. The Morgan fingerprint density at radius 3 is 1.74 bits per heavy atom. The summed E-state index contributed by atoms with van der Waals surface area (Å²) < 4.78 is 79.1. The Morgan fingerprint density at radius 2 is 1.24 bits per heavy atom. The Kier molecular flexibility index (Phi) is 9.40. The van der Waals surface area contributed by atoms with Gasteiger partial charge in [0, 0.05) is 0 Å². The second kappa shape index (κ2) is 12.6. The zero-order valence-electron chi connectivity index (χ0n) is 23.8. The smallest absolute Gasteiger partial charge is 0.268 e. The van der Waals surface area contributed by atoms with Crippen LogP contribution in [0.2, 0.25) is 0 Å². The molecule has 4 bridgehead atoms. The van der Waals surface area contributed by atoms with E-state index in [1.807, 2.05) is 0 Å². The van der Waals surface area contributed by atoms with Crippen molar-refractivity contribution in [1.82, 2.24) is 51.3 Å². The van der Waals surface area contributed by atoms with Crippen LogP contribution in [-0.2, 0) is 43.9 Å². The maximum atomic E-state index is 15.8. The molecule has 3 aliphatic heterocycles. The summed E-state index contributed by atoms with van der Waals surface area (Å²) in [6, 6.07) is 0. The molecule has 0 radical (unpaired) electrons. The van der Waals surface area contributed by atoms with Gasteiger partial charge in [-0.15, -0.1) is 0 Å². The average Bonchev–Trinajstić information content (AvgIpc) is 3.73. The molecular formula is C20H28F2N12O9P2S. The number of rotatable bonds is 2. The molecule has 3 fully saturated rings. The Balaban J connectivity index is 0.00000208. The van der Waals surface area contributed by atoms with Gasteiger partial charge in [-0.05, 0) is 0 Å². The van der Waals surface area contributed by atoms with Crippen molar-refractivity contribution in [3.05, 3.63) is 25.3 Å². The van der Waals surface area contributed by atoms with E-state index >= 15 is 8.78 Å². The fraction of sp³-hybridized carbons (Fsp3) is 0.500. The quantitative estimate of drug-likeness (QED) is 0.197. The topological polar surface area (TPSA) is 331 Å². The van der Waals surface area contributed by atoms with Crippen LogP contribution in [0, 0.1) is 0 Å². The minimum Gasteiger partial charge on any atom is -0.780 e.